The first-order valence-corrected chi connectivity index (χ1v) is 4.70. The molecule has 0 fully saturated rings. The maximum absolute atomic E-state index is 9.77. The average Bonchev–Trinajstić information content (AvgIpc) is 2.47. The molecule has 1 aliphatic heterocycles. The molecule has 0 spiro atoms. The van der Waals surface area contributed by atoms with Gasteiger partial charge in [0.05, 0.1) is 13.2 Å². The van der Waals surface area contributed by atoms with Crippen LogP contribution in [0.1, 0.15) is 30.5 Å². The summed E-state index contributed by atoms with van der Waals surface area (Å²) in [6.45, 7) is 4.97. The van der Waals surface area contributed by atoms with Gasteiger partial charge in [-0.25, -0.2) is 0 Å². The second-order valence-electron chi connectivity index (χ2n) is 4.35. The predicted octanol–water partition coefficient (Wildman–Crippen LogP) is 1.62. The fourth-order valence-corrected chi connectivity index (χ4v) is 1.73. The molecule has 0 saturated carbocycles. The van der Waals surface area contributed by atoms with Crippen molar-refractivity contribution in [2.45, 2.75) is 32.6 Å². The third-order valence-electron chi connectivity index (χ3n) is 2.53. The van der Waals surface area contributed by atoms with E-state index >= 15 is 0 Å². The molecule has 14 heavy (non-hydrogen) atoms. The van der Waals surface area contributed by atoms with Crippen LogP contribution < -0.4 is 5.73 Å². The third kappa shape index (κ3) is 1.49. The van der Waals surface area contributed by atoms with Gasteiger partial charge in [0.1, 0.15) is 5.75 Å². The van der Waals surface area contributed by atoms with E-state index in [9.17, 15) is 5.11 Å². The lowest BCUT2D eigenvalue weighted by Gasteiger charge is -2.21. The maximum Gasteiger partial charge on any atom is 0.120 e. The van der Waals surface area contributed by atoms with Crippen molar-refractivity contribution in [3.05, 3.63) is 28.8 Å². The molecule has 0 amide bonds. The van der Waals surface area contributed by atoms with Crippen molar-refractivity contribution in [3.8, 4) is 5.75 Å². The molecular weight excluding hydrogens is 178 g/mol. The fourth-order valence-electron chi connectivity index (χ4n) is 1.73. The minimum Gasteiger partial charge on any atom is -0.508 e. The number of phenolic OH excluding ortho intramolecular Hbond substituents is 1. The van der Waals surface area contributed by atoms with Gasteiger partial charge >= 0.3 is 0 Å². The van der Waals surface area contributed by atoms with Gasteiger partial charge in [-0.05, 0) is 37.1 Å². The van der Waals surface area contributed by atoms with E-state index < -0.39 is 5.54 Å². The van der Waals surface area contributed by atoms with Gasteiger partial charge < -0.3 is 15.6 Å². The van der Waals surface area contributed by atoms with Crippen molar-refractivity contribution < 1.29 is 9.84 Å². The molecule has 76 valence electrons. The van der Waals surface area contributed by atoms with Crippen LogP contribution in [0, 0.1) is 0 Å². The Morgan fingerprint density at radius 1 is 1.29 bits per heavy atom. The second-order valence-corrected chi connectivity index (χ2v) is 4.35. The molecule has 0 radical (unpaired) electrons. The highest BCUT2D eigenvalue weighted by Gasteiger charge is 2.22. The molecular formula is C11H15NO2. The molecule has 0 aromatic heterocycles. The summed E-state index contributed by atoms with van der Waals surface area (Å²) in [6, 6.07) is 3.70. The lowest BCUT2D eigenvalue weighted by Crippen LogP contribution is -2.28. The van der Waals surface area contributed by atoms with Gasteiger partial charge in [-0.3, -0.25) is 0 Å². The van der Waals surface area contributed by atoms with Crippen LogP contribution in [0.15, 0.2) is 12.1 Å². The van der Waals surface area contributed by atoms with Gasteiger partial charge in [-0.1, -0.05) is 0 Å². The SMILES string of the molecule is CC(C)(N)c1cc2c(cc1O)COC2. The minimum absolute atomic E-state index is 0.266. The number of rotatable bonds is 1. The predicted molar refractivity (Wildman–Crippen MR) is 53.8 cm³/mol. The topological polar surface area (TPSA) is 55.5 Å². The van der Waals surface area contributed by atoms with Crippen molar-refractivity contribution >= 4 is 0 Å². The van der Waals surface area contributed by atoms with Gasteiger partial charge in [0.25, 0.3) is 0 Å². The summed E-state index contributed by atoms with van der Waals surface area (Å²) in [7, 11) is 0. The zero-order valence-electron chi connectivity index (χ0n) is 8.50. The van der Waals surface area contributed by atoms with E-state index in [2.05, 4.69) is 0 Å². The molecule has 0 aliphatic carbocycles. The first-order valence-electron chi connectivity index (χ1n) is 4.70. The van der Waals surface area contributed by atoms with Crippen molar-refractivity contribution in [2.24, 2.45) is 5.73 Å². The number of phenols is 1. The van der Waals surface area contributed by atoms with Crippen LogP contribution in [-0.2, 0) is 23.5 Å². The van der Waals surface area contributed by atoms with Crippen molar-refractivity contribution in [2.75, 3.05) is 0 Å². The van der Waals surface area contributed by atoms with E-state index in [0.29, 0.717) is 13.2 Å². The highest BCUT2D eigenvalue weighted by molar-refractivity contribution is 5.45. The number of hydrogen-bond acceptors (Lipinski definition) is 3. The first kappa shape index (κ1) is 9.49. The van der Waals surface area contributed by atoms with Gasteiger partial charge in [0.15, 0.2) is 0 Å². The molecule has 1 aromatic rings. The van der Waals surface area contributed by atoms with Crippen LogP contribution in [0.4, 0.5) is 0 Å². The number of hydrogen-bond donors (Lipinski definition) is 2. The van der Waals surface area contributed by atoms with E-state index in [1.165, 1.54) is 0 Å². The Morgan fingerprint density at radius 2 is 1.86 bits per heavy atom. The Bertz CT molecular complexity index is 366. The normalized spacial score (nSPS) is 15.6. The van der Waals surface area contributed by atoms with Crippen LogP contribution in [0.5, 0.6) is 5.75 Å². The number of nitrogens with two attached hydrogens (primary N) is 1. The van der Waals surface area contributed by atoms with E-state index in [-0.39, 0.29) is 5.75 Å². The Hall–Kier alpha value is -1.06. The molecule has 1 heterocycles. The van der Waals surface area contributed by atoms with E-state index in [1.807, 2.05) is 19.9 Å². The molecule has 0 saturated heterocycles. The number of aromatic hydroxyl groups is 1. The summed E-state index contributed by atoms with van der Waals surface area (Å²) >= 11 is 0. The molecule has 1 aliphatic rings. The van der Waals surface area contributed by atoms with Crippen LogP contribution >= 0.6 is 0 Å². The molecule has 3 nitrogen and oxygen atoms in total. The molecule has 0 atom stereocenters. The van der Waals surface area contributed by atoms with Crippen LogP contribution in [0.3, 0.4) is 0 Å². The fraction of sp³-hybridized carbons (Fsp3) is 0.455. The van der Waals surface area contributed by atoms with E-state index in [4.69, 9.17) is 10.5 Å². The summed E-state index contributed by atoms with van der Waals surface area (Å²) in [6.07, 6.45) is 0. The molecule has 3 N–H and O–H groups in total. The monoisotopic (exact) mass is 193 g/mol. The summed E-state index contributed by atoms with van der Waals surface area (Å²) in [5, 5.41) is 9.77. The van der Waals surface area contributed by atoms with Gasteiger partial charge in [0.2, 0.25) is 0 Å². The highest BCUT2D eigenvalue weighted by Crippen LogP contribution is 2.32. The molecule has 1 aromatic carbocycles. The number of fused-ring (bicyclic) bond motifs is 1. The van der Waals surface area contributed by atoms with Gasteiger partial charge in [-0.2, -0.15) is 0 Å². The van der Waals surface area contributed by atoms with Gasteiger partial charge in [-0.15, -0.1) is 0 Å². The molecule has 2 rings (SSSR count). The number of ether oxygens (including phenoxy) is 1. The molecule has 3 heteroatoms. The van der Waals surface area contributed by atoms with E-state index in [0.717, 1.165) is 16.7 Å². The van der Waals surface area contributed by atoms with E-state index in [1.54, 1.807) is 6.07 Å². The van der Waals surface area contributed by atoms with Crippen molar-refractivity contribution in [1.29, 1.82) is 0 Å². The Labute approximate surface area is 83.5 Å². The smallest absolute Gasteiger partial charge is 0.120 e. The summed E-state index contributed by atoms with van der Waals surface area (Å²) < 4.78 is 5.29. The Balaban J connectivity index is 2.53. The third-order valence-corrected chi connectivity index (χ3v) is 2.53. The number of benzene rings is 1. The van der Waals surface area contributed by atoms with Crippen molar-refractivity contribution in [1.82, 2.24) is 0 Å². The summed E-state index contributed by atoms with van der Waals surface area (Å²) in [5.41, 5.74) is 8.42. The summed E-state index contributed by atoms with van der Waals surface area (Å²) in [4.78, 5) is 0. The Morgan fingerprint density at radius 3 is 2.43 bits per heavy atom. The quantitative estimate of drug-likeness (QED) is 0.712. The Kier molecular flexibility index (Phi) is 2.01. The van der Waals surface area contributed by atoms with Crippen LogP contribution in [0.2, 0.25) is 0 Å². The lowest BCUT2D eigenvalue weighted by atomic mass is 9.91. The zero-order chi connectivity index (χ0) is 10.3. The largest absolute Gasteiger partial charge is 0.508 e. The van der Waals surface area contributed by atoms with Crippen LogP contribution in [0.25, 0.3) is 0 Å². The molecule has 0 bridgehead atoms. The standard InChI is InChI=1S/C11H15NO2/c1-11(2,12)9-3-7-5-14-6-8(7)4-10(9)13/h3-4,13H,5-6,12H2,1-2H3. The average molecular weight is 193 g/mol. The van der Waals surface area contributed by atoms with Gasteiger partial charge in [0, 0.05) is 11.1 Å². The summed E-state index contributed by atoms with van der Waals surface area (Å²) in [5.74, 6) is 0.266. The molecule has 0 unspecified atom stereocenters. The first-order chi connectivity index (χ1) is 6.48. The minimum atomic E-state index is -0.512. The lowest BCUT2D eigenvalue weighted by molar-refractivity contribution is 0.134. The second kappa shape index (κ2) is 2.97. The zero-order valence-corrected chi connectivity index (χ0v) is 8.50. The maximum atomic E-state index is 9.77. The van der Waals surface area contributed by atoms with Crippen LogP contribution in [-0.4, -0.2) is 5.11 Å². The highest BCUT2D eigenvalue weighted by atomic mass is 16.5. The van der Waals surface area contributed by atoms with Crippen molar-refractivity contribution in [3.63, 3.8) is 0 Å².